The van der Waals surface area contributed by atoms with Crippen LogP contribution in [0.15, 0.2) is 34.8 Å². The first-order chi connectivity index (χ1) is 9.38. The minimum Gasteiger partial charge on any atom is -0.319 e. The number of anilines is 1. The van der Waals surface area contributed by atoms with E-state index in [0.717, 1.165) is 12.1 Å². The molecule has 0 spiro atoms. The predicted octanol–water partition coefficient (Wildman–Crippen LogP) is 4.43. The Morgan fingerprint density at radius 3 is 2.40 bits per heavy atom. The number of benzene rings is 2. The zero-order chi connectivity index (χ0) is 14.9. The molecule has 2 aromatic carbocycles. The SMILES string of the molecule is Cc1ccc(C(=O)Nc2cc(F)c(Br)cc2F)c(F)c1. The van der Waals surface area contributed by atoms with Gasteiger partial charge in [0, 0.05) is 6.07 Å². The molecule has 1 amide bonds. The predicted molar refractivity (Wildman–Crippen MR) is 73.1 cm³/mol. The lowest BCUT2D eigenvalue weighted by Crippen LogP contribution is -2.15. The minimum absolute atomic E-state index is 0.0606. The van der Waals surface area contributed by atoms with E-state index in [4.69, 9.17) is 0 Å². The second-order valence-electron chi connectivity index (χ2n) is 4.18. The van der Waals surface area contributed by atoms with Crippen LogP contribution < -0.4 is 5.32 Å². The quantitative estimate of drug-likeness (QED) is 0.803. The first-order valence-electron chi connectivity index (χ1n) is 5.60. The van der Waals surface area contributed by atoms with E-state index in [-0.39, 0.29) is 15.7 Å². The van der Waals surface area contributed by atoms with Crippen molar-refractivity contribution in [3.8, 4) is 0 Å². The molecule has 2 aromatic rings. The maximum Gasteiger partial charge on any atom is 0.258 e. The molecule has 0 unspecified atom stereocenters. The first kappa shape index (κ1) is 14.6. The van der Waals surface area contributed by atoms with Crippen molar-refractivity contribution >= 4 is 27.5 Å². The van der Waals surface area contributed by atoms with Gasteiger partial charge in [0.25, 0.3) is 5.91 Å². The summed E-state index contributed by atoms with van der Waals surface area (Å²) in [6.45, 7) is 1.68. The van der Waals surface area contributed by atoms with Crippen LogP contribution >= 0.6 is 15.9 Å². The Bertz CT molecular complexity index is 688. The van der Waals surface area contributed by atoms with E-state index in [2.05, 4.69) is 21.2 Å². The molecule has 0 aliphatic carbocycles. The molecule has 104 valence electrons. The van der Waals surface area contributed by atoms with Crippen LogP contribution in [-0.4, -0.2) is 5.91 Å². The Morgan fingerprint density at radius 1 is 1.05 bits per heavy atom. The third kappa shape index (κ3) is 3.01. The third-order valence-corrected chi connectivity index (χ3v) is 3.24. The highest BCUT2D eigenvalue weighted by Gasteiger charge is 2.15. The topological polar surface area (TPSA) is 29.1 Å². The van der Waals surface area contributed by atoms with Crippen LogP contribution in [-0.2, 0) is 0 Å². The highest BCUT2D eigenvalue weighted by molar-refractivity contribution is 9.10. The van der Waals surface area contributed by atoms with Crippen molar-refractivity contribution in [1.82, 2.24) is 0 Å². The summed E-state index contributed by atoms with van der Waals surface area (Å²) in [7, 11) is 0. The van der Waals surface area contributed by atoms with Crippen molar-refractivity contribution in [1.29, 1.82) is 0 Å². The summed E-state index contributed by atoms with van der Waals surface area (Å²) in [5.74, 6) is -3.12. The van der Waals surface area contributed by atoms with Crippen LogP contribution in [0.25, 0.3) is 0 Å². The monoisotopic (exact) mass is 343 g/mol. The first-order valence-corrected chi connectivity index (χ1v) is 6.40. The Hall–Kier alpha value is -1.82. The summed E-state index contributed by atoms with van der Waals surface area (Å²) < 4.78 is 40.4. The van der Waals surface area contributed by atoms with Gasteiger partial charge in [-0.3, -0.25) is 4.79 Å². The zero-order valence-corrected chi connectivity index (χ0v) is 11.9. The van der Waals surface area contributed by atoms with E-state index in [9.17, 15) is 18.0 Å². The van der Waals surface area contributed by atoms with Crippen molar-refractivity contribution < 1.29 is 18.0 Å². The molecule has 0 bridgehead atoms. The van der Waals surface area contributed by atoms with Gasteiger partial charge in [0.2, 0.25) is 0 Å². The lowest BCUT2D eigenvalue weighted by Gasteiger charge is -2.08. The largest absolute Gasteiger partial charge is 0.319 e. The fourth-order valence-corrected chi connectivity index (χ4v) is 1.93. The number of carbonyl (C=O) groups is 1. The van der Waals surface area contributed by atoms with Gasteiger partial charge >= 0.3 is 0 Å². The average Bonchev–Trinajstić information content (AvgIpc) is 2.35. The third-order valence-electron chi connectivity index (χ3n) is 2.63. The van der Waals surface area contributed by atoms with E-state index in [0.29, 0.717) is 5.56 Å². The standard InChI is InChI=1S/C14H9BrF3NO/c1-7-2-3-8(10(16)4-7)14(20)19-13-6-11(17)9(15)5-12(13)18/h2-6H,1H3,(H,19,20). The van der Waals surface area contributed by atoms with Gasteiger partial charge in [-0.15, -0.1) is 0 Å². The Morgan fingerprint density at radius 2 is 1.75 bits per heavy atom. The molecule has 2 nitrogen and oxygen atoms in total. The van der Waals surface area contributed by atoms with Gasteiger partial charge < -0.3 is 5.32 Å². The molecule has 20 heavy (non-hydrogen) atoms. The molecule has 6 heteroatoms. The molecule has 0 aliphatic rings. The number of aryl methyl sites for hydroxylation is 1. The molecule has 0 saturated carbocycles. The number of hydrogen-bond acceptors (Lipinski definition) is 1. The van der Waals surface area contributed by atoms with E-state index in [1.807, 2.05) is 0 Å². The Balaban J connectivity index is 2.30. The zero-order valence-electron chi connectivity index (χ0n) is 10.3. The van der Waals surface area contributed by atoms with Gasteiger partial charge in [0.05, 0.1) is 15.7 Å². The van der Waals surface area contributed by atoms with E-state index in [1.165, 1.54) is 12.1 Å². The van der Waals surface area contributed by atoms with Gasteiger partial charge in [0.15, 0.2) is 0 Å². The van der Waals surface area contributed by atoms with E-state index in [1.54, 1.807) is 13.0 Å². The normalized spacial score (nSPS) is 10.4. The highest BCUT2D eigenvalue weighted by atomic mass is 79.9. The summed E-state index contributed by atoms with van der Waals surface area (Å²) in [4.78, 5) is 11.8. The highest BCUT2D eigenvalue weighted by Crippen LogP contribution is 2.24. The number of amides is 1. The van der Waals surface area contributed by atoms with Crippen LogP contribution in [0.5, 0.6) is 0 Å². The number of halogens is 4. The number of nitrogens with one attached hydrogen (secondary N) is 1. The molecule has 0 saturated heterocycles. The van der Waals surface area contributed by atoms with Crippen LogP contribution in [0, 0.1) is 24.4 Å². The van der Waals surface area contributed by atoms with Crippen molar-refractivity contribution in [2.24, 2.45) is 0 Å². The maximum atomic E-state index is 13.6. The van der Waals surface area contributed by atoms with Gasteiger partial charge in [-0.25, -0.2) is 13.2 Å². The molecule has 0 aliphatic heterocycles. The number of rotatable bonds is 2. The Kier molecular flexibility index (Phi) is 4.13. The van der Waals surface area contributed by atoms with Gasteiger partial charge in [-0.1, -0.05) is 6.07 Å². The van der Waals surface area contributed by atoms with Gasteiger partial charge in [0.1, 0.15) is 17.5 Å². The second-order valence-corrected chi connectivity index (χ2v) is 5.04. The van der Waals surface area contributed by atoms with Gasteiger partial charge in [-0.2, -0.15) is 0 Å². The summed E-state index contributed by atoms with van der Waals surface area (Å²) in [6, 6.07) is 5.73. The summed E-state index contributed by atoms with van der Waals surface area (Å²) in [6.07, 6.45) is 0. The number of carbonyl (C=O) groups excluding carboxylic acids is 1. The van der Waals surface area contributed by atoms with E-state index < -0.39 is 23.4 Å². The fourth-order valence-electron chi connectivity index (χ4n) is 1.61. The van der Waals surface area contributed by atoms with Crippen molar-refractivity contribution in [3.05, 3.63) is 63.4 Å². The van der Waals surface area contributed by atoms with Crippen LogP contribution in [0.2, 0.25) is 0 Å². The smallest absolute Gasteiger partial charge is 0.258 e. The fraction of sp³-hybridized carbons (Fsp3) is 0.0714. The number of hydrogen-bond donors (Lipinski definition) is 1. The lowest BCUT2D eigenvalue weighted by atomic mass is 10.1. The molecule has 0 fully saturated rings. The molecule has 2 rings (SSSR count). The summed E-state index contributed by atoms with van der Waals surface area (Å²) >= 11 is 2.82. The molecule has 1 N–H and O–H groups in total. The molecule has 0 atom stereocenters. The van der Waals surface area contributed by atoms with Crippen molar-refractivity contribution in [2.75, 3.05) is 5.32 Å². The van der Waals surface area contributed by atoms with Crippen LogP contribution in [0.4, 0.5) is 18.9 Å². The summed E-state index contributed by atoms with van der Waals surface area (Å²) in [5, 5.41) is 2.14. The molecule has 0 aromatic heterocycles. The Labute approximate surface area is 121 Å². The molecular formula is C14H9BrF3NO. The van der Waals surface area contributed by atoms with Crippen molar-refractivity contribution in [3.63, 3.8) is 0 Å². The second kappa shape index (κ2) is 5.66. The lowest BCUT2D eigenvalue weighted by molar-refractivity contribution is 0.102. The minimum atomic E-state index is -0.844. The van der Waals surface area contributed by atoms with Crippen molar-refractivity contribution in [2.45, 2.75) is 6.92 Å². The molecule has 0 heterocycles. The molecule has 0 radical (unpaired) electrons. The average molecular weight is 344 g/mol. The van der Waals surface area contributed by atoms with E-state index >= 15 is 0 Å². The maximum absolute atomic E-state index is 13.6. The van der Waals surface area contributed by atoms with Crippen LogP contribution in [0.1, 0.15) is 15.9 Å². The van der Waals surface area contributed by atoms with Crippen LogP contribution in [0.3, 0.4) is 0 Å². The summed E-state index contributed by atoms with van der Waals surface area (Å²) in [5.41, 5.74) is 0.0638. The molecular weight excluding hydrogens is 335 g/mol. The van der Waals surface area contributed by atoms with Gasteiger partial charge in [-0.05, 0) is 46.6 Å².